The van der Waals surface area contributed by atoms with E-state index in [0.29, 0.717) is 12.3 Å². The van der Waals surface area contributed by atoms with Crippen LogP contribution >= 0.6 is 0 Å². The molecule has 0 aliphatic carbocycles. The molecule has 0 radical (unpaired) electrons. The minimum atomic E-state index is 0.247. The topological polar surface area (TPSA) is 67.2 Å². The summed E-state index contributed by atoms with van der Waals surface area (Å²) in [6.07, 6.45) is 0.610. The molecule has 1 aliphatic heterocycles. The van der Waals surface area contributed by atoms with Crippen LogP contribution < -0.4 is 4.90 Å². The molecule has 1 saturated heterocycles. The number of amides is 1. The molecule has 3 heterocycles. The van der Waals surface area contributed by atoms with E-state index in [2.05, 4.69) is 37.8 Å². The number of para-hydroxylation sites is 1. The van der Waals surface area contributed by atoms with Gasteiger partial charge < -0.3 is 9.80 Å². The van der Waals surface area contributed by atoms with Gasteiger partial charge in [0.1, 0.15) is 11.6 Å². The Labute approximate surface area is 177 Å². The van der Waals surface area contributed by atoms with Crippen LogP contribution in [-0.4, -0.2) is 56.7 Å². The van der Waals surface area contributed by atoms with E-state index in [-0.39, 0.29) is 5.91 Å². The molecule has 1 amide bonds. The molecule has 0 unspecified atom stereocenters. The average Bonchev–Trinajstić information content (AvgIpc) is 3.03. The largest absolute Gasteiger partial charge is 0.352 e. The maximum absolute atomic E-state index is 12.4. The van der Waals surface area contributed by atoms with Gasteiger partial charge in [-0.1, -0.05) is 32.0 Å². The Morgan fingerprint density at radius 3 is 2.40 bits per heavy atom. The highest BCUT2D eigenvalue weighted by Gasteiger charge is 2.26. The van der Waals surface area contributed by atoms with Gasteiger partial charge in [0, 0.05) is 32.6 Å². The van der Waals surface area contributed by atoms with E-state index >= 15 is 0 Å². The Hall–Kier alpha value is -2.96. The molecule has 1 aliphatic rings. The number of hydrogen-bond donors (Lipinski definition) is 0. The van der Waals surface area contributed by atoms with E-state index in [4.69, 9.17) is 15.1 Å². The lowest BCUT2D eigenvalue weighted by atomic mass is 10.1. The van der Waals surface area contributed by atoms with E-state index in [1.165, 1.54) is 0 Å². The summed E-state index contributed by atoms with van der Waals surface area (Å²) >= 11 is 0. The predicted molar refractivity (Wildman–Crippen MR) is 119 cm³/mol. The Morgan fingerprint density at radius 2 is 1.73 bits per heavy atom. The number of piperazine rings is 1. The van der Waals surface area contributed by atoms with E-state index in [9.17, 15) is 4.79 Å². The molecule has 7 heteroatoms. The zero-order valence-electron chi connectivity index (χ0n) is 18.5. The highest BCUT2D eigenvalue weighted by molar-refractivity contribution is 5.91. The second kappa shape index (κ2) is 8.05. The quantitative estimate of drug-likeness (QED) is 0.664. The van der Waals surface area contributed by atoms with Crippen LogP contribution in [0.3, 0.4) is 0 Å². The van der Waals surface area contributed by atoms with Crippen LogP contribution in [0.25, 0.3) is 16.7 Å². The number of benzene rings is 1. The van der Waals surface area contributed by atoms with Gasteiger partial charge in [0.25, 0.3) is 0 Å². The summed E-state index contributed by atoms with van der Waals surface area (Å²) in [6.45, 7) is 13.2. The lowest BCUT2D eigenvalue weighted by Crippen LogP contribution is -2.49. The van der Waals surface area contributed by atoms with Gasteiger partial charge in [0.05, 0.1) is 16.8 Å². The van der Waals surface area contributed by atoms with Crippen LogP contribution in [0, 0.1) is 26.7 Å². The van der Waals surface area contributed by atoms with Crippen LogP contribution in [0.2, 0.25) is 0 Å². The first kappa shape index (κ1) is 20.3. The lowest BCUT2D eigenvalue weighted by molar-refractivity contribution is -0.132. The first-order valence-electron chi connectivity index (χ1n) is 10.7. The number of aryl methyl sites for hydroxylation is 3. The van der Waals surface area contributed by atoms with Gasteiger partial charge in [-0.25, -0.2) is 14.6 Å². The second-order valence-electron chi connectivity index (χ2n) is 8.54. The van der Waals surface area contributed by atoms with E-state index in [0.717, 1.165) is 65.8 Å². The summed E-state index contributed by atoms with van der Waals surface area (Å²) in [4.78, 5) is 26.2. The van der Waals surface area contributed by atoms with Crippen molar-refractivity contribution in [3.05, 3.63) is 41.3 Å². The molecule has 4 rings (SSSR count). The smallest absolute Gasteiger partial charge is 0.222 e. The molecule has 0 N–H and O–H groups in total. The van der Waals surface area contributed by atoms with Crippen LogP contribution in [0.1, 0.15) is 37.4 Å². The molecule has 0 bridgehead atoms. The van der Waals surface area contributed by atoms with Crippen molar-refractivity contribution in [3.8, 4) is 5.69 Å². The highest BCUT2D eigenvalue weighted by Crippen LogP contribution is 2.30. The molecule has 0 saturated carbocycles. The van der Waals surface area contributed by atoms with Crippen molar-refractivity contribution >= 4 is 22.8 Å². The van der Waals surface area contributed by atoms with Gasteiger partial charge in [-0.05, 0) is 38.3 Å². The van der Waals surface area contributed by atoms with Gasteiger partial charge >= 0.3 is 0 Å². The SMILES string of the molecule is Cc1nc(N2CCN(C(=O)CC(C)C)CC2)c2c(C)nn(-c3ccccc3C)c2n1. The van der Waals surface area contributed by atoms with Gasteiger partial charge in [-0.3, -0.25) is 4.79 Å². The molecule has 7 nitrogen and oxygen atoms in total. The summed E-state index contributed by atoms with van der Waals surface area (Å²) in [5, 5.41) is 5.81. The van der Waals surface area contributed by atoms with E-state index in [1.54, 1.807) is 0 Å². The first-order valence-corrected chi connectivity index (χ1v) is 10.7. The van der Waals surface area contributed by atoms with Gasteiger partial charge in [-0.2, -0.15) is 5.10 Å². The second-order valence-corrected chi connectivity index (χ2v) is 8.54. The van der Waals surface area contributed by atoms with Crippen LogP contribution in [-0.2, 0) is 4.79 Å². The van der Waals surface area contributed by atoms with Gasteiger partial charge in [0.15, 0.2) is 5.65 Å². The minimum absolute atomic E-state index is 0.247. The van der Waals surface area contributed by atoms with Gasteiger partial charge in [-0.15, -0.1) is 0 Å². The van der Waals surface area contributed by atoms with Crippen LogP contribution in [0.15, 0.2) is 24.3 Å². The number of carbonyl (C=O) groups excluding carboxylic acids is 1. The predicted octanol–water partition coefficient (Wildman–Crippen LogP) is 3.44. The van der Waals surface area contributed by atoms with Crippen LogP contribution in [0.4, 0.5) is 5.82 Å². The monoisotopic (exact) mass is 406 g/mol. The van der Waals surface area contributed by atoms with Crippen molar-refractivity contribution in [1.82, 2.24) is 24.6 Å². The standard InChI is InChI=1S/C23H30N6O/c1-15(2)14-20(30)27-10-12-28(13-11-27)22-21-17(4)26-29(23(21)25-18(5)24-22)19-9-7-6-8-16(19)3/h6-9,15H,10-14H2,1-5H3. The Bertz CT molecular complexity index is 1080. The fourth-order valence-electron chi connectivity index (χ4n) is 4.11. The number of aromatic nitrogens is 4. The summed E-state index contributed by atoms with van der Waals surface area (Å²) in [6, 6.07) is 8.20. The third-order valence-corrected chi connectivity index (χ3v) is 5.65. The number of fused-ring (bicyclic) bond motifs is 1. The van der Waals surface area contributed by atoms with Gasteiger partial charge in [0.2, 0.25) is 5.91 Å². The molecular formula is C23H30N6O. The van der Waals surface area contributed by atoms with Crippen LogP contribution in [0.5, 0.6) is 0 Å². The van der Waals surface area contributed by atoms with Crippen molar-refractivity contribution in [2.45, 2.75) is 41.0 Å². The van der Waals surface area contributed by atoms with Crippen molar-refractivity contribution < 1.29 is 4.79 Å². The Morgan fingerprint density at radius 1 is 1.03 bits per heavy atom. The normalized spacial score (nSPS) is 14.7. The molecule has 2 aromatic heterocycles. The number of nitrogens with zero attached hydrogens (tertiary/aromatic N) is 6. The third kappa shape index (κ3) is 3.76. The molecule has 30 heavy (non-hydrogen) atoms. The summed E-state index contributed by atoms with van der Waals surface area (Å²) in [7, 11) is 0. The number of carbonyl (C=O) groups is 1. The molecule has 1 fully saturated rings. The first-order chi connectivity index (χ1) is 14.3. The summed E-state index contributed by atoms with van der Waals surface area (Å²) in [5.74, 6) is 2.28. The number of anilines is 1. The highest BCUT2D eigenvalue weighted by atomic mass is 16.2. The molecule has 3 aromatic rings. The zero-order chi connectivity index (χ0) is 21.4. The third-order valence-electron chi connectivity index (χ3n) is 5.65. The van der Waals surface area contributed by atoms with E-state index < -0.39 is 0 Å². The summed E-state index contributed by atoms with van der Waals surface area (Å²) in [5.41, 5.74) is 3.94. The van der Waals surface area contributed by atoms with E-state index in [1.807, 2.05) is 35.6 Å². The molecule has 1 aromatic carbocycles. The minimum Gasteiger partial charge on any atom is -0.352 e. The lowest BCUT2D eigenvalue weighted by Gasteiger charge is -2.36. The Kier molecular flexibility index (Phi) is 5.45. The fourth-order valence-corrected chi connectivity index (χ4v) is 4.11. The number of rotatable bonds is 4. The maximum Gasteiger partial charge on any atom is 0.222 e. The average molecular weight is 407 g/mol. The van der Waals surface area contributed by atoms with Crippen molar-refractivity contribution in [2.24, 2.45) is 5.92 Å². The maximum atomic E-state index is 12.4. The Balaban J connectivity index is 1.68. The fraction of sp³-hybridized carbons (Fsp3) is 0.478. The summed E-state index contributed by atoms with van der Waals surface area (Å²) < 4.78 is 1.93. The number of hydrogen-bond acceptors (Lipinski definition) is 5. The van der Waals surface area contributed by atoms with Crippen molar-refractivity contribution in [3.63, 3.8) is 0 Å². The van der Waals surface area contributed by atoms with Crippen molar-refractivity contribution in [1.29, 1.82) is 0 Å². The molecule has 0 atom stereocenters. The molecular weight excluding hydrogens is 376 g/mol. The molecule has 0 spiro atoms. The molecule has 158 valence electrons. The van der Waals surface area contributed by atoms with Crippen molar-refractivity contribution in [2.75, 3.05) is 31.1 Å². The zero-order valence-corrected chi connectivity index (χ0v) is 18.5.